The quantitative estimate of drug-likeness (QED) is 0.700. The average Bonchev–Trinajstić information content (AvgIpc) is 2.68. The lowest BCUT2D eigenvalue weighted by atomic mass is 9.98. The summed E-state index contributed by atoms with van der Waals surface area (Å²) in [5.41, 5.74) is 1.02. The molecule has 2 heterocycles. The van der Waals surface area contributed by atoms with Crippen molar-refractivity contribution in [1.82, 2.24) is 15.5 Å². The largest absolute Gasteiger partial charge is 0.492 e. The number of nitrogens with zero attached hydrogens (tertiary/aromatic N) is 1. The first kappa shape index (κ1) is 19.1. The first-order chi connectivity index (χ1) is 12.7. The number of amides is 1. The maximum absolute atomic E-state index is 12.3. The van der Waals surface area contributed by atoms with Crippen LogP contribution in [0.3, 0.4) is 0 Å². The van der Waals surface area contributed by atoms with E-state index in [9.17, 15) is 4.79 Å². The molecule has 142 valence electrons. The normalized spacial score (nSPS) is 21.1. The predicted molar refractivity (Wildman–Crippen MR) is 104 cm³/mol. The lowest BCUT2D eigenvalue weighted by Crippen LogP contribution is -2.43. The van der Waals surface area contributed by atoms with Gasteiger partial charge in [-0.1, -0.05) is 24.4 Å². The molecular formula is C19H27N3O3S. The molecule has 26 heavy (non-hydrogen) atoms. The van der Waals surface area contributed by atoms with Crippen LogP contribution in [-0.2, 0) is 16.1 Å². The van der Waals surface area contributed by atoms with E-state index in [0.29, 0.717) is 18.1 Å². The second-order valence-corrected chi connectivity index (χ2v) is 7.09. The van der Waals surface area contributed by atoms with Crippen molar-refractivity contribution in [3.8, 4) is 5.75 Å². The minimum atomic E-state index is -0.202. The molecule has 1 unspecified atom stereocenters. The minimum Gasteiger partial charge on any atom is -0.492 e. The summed E-state index contributed by atoms with van der Waals surface area (Å²) >= 11 is 5.25. The Morgan fingerprint density at radius 1 is 1.38 bits per heavy atom. The van der Waals surface area contributed by atoms with Crippen LogP contribution in [0.1, 0.15) is 18.4 Å². The van der Waals surface area contributed by atoms with Gasteiger partial charge in [0.2, 0.25) is 5.91 Å². The molecule has 0 aliphatic carbocycles. The van der Waals surface area contributed by atoms with Gasteiger partial charge in [0.15, 0.2) is 0 Å². The number of piperidine rings is 1. The zero-order chi connectivity index (χ0) is 18.2. The third-order valence-corrected chi connectivity index (χ3v) is 5.18. The molecule has 0 saturated carbocycles. The highest BCUT2D eigenvalue weighted by atomic mass is 32.1. The molecule has 0 radical (unpaired) electrons. The van der Waals surface area contributed by atoms with Gasteiger partial charge in [-0.2, -0.15) is 0 Å². The second kappa shape index (κ2) is 9.85. The van der Waals surface area contributed by atoms with Crippen LogP contribution in [0.15, 0.2) is 24.3 Å². The number of thiocarbonyl (C=S) groups is 1. The summed E-state index contributed by atoms with van der Waals surface area (Å²) in [5.74, 6) is 0.632. The Labute approximate surface area is 160 Å². The summed E-state index contributed by atoms with van der Waals surface area (Å²) in [6, 6.07) is 7.88. The number of benzene rings is 1. The van der Waals surface area contributed by atoms with Gasteiger partial charge in [-0.05, 0) is 30.5 Å². The van der Waals surface area contributed by atoms with E-state index < -0.39 is 0 Å². The molecule has 2 aliphatic heterocycles. The number of carbonyl (C=O) groups excluding carboxylic acids is 1. The van der Waals surface area contributed by atoms with Gasteiger partial charge >= 0.3 is 0 Å². The van der Waals surface area contributed by atoms with Crippen molar-refractivity contribution in [2.75, 3.05) is 46.0 Å². The van der Waals surface area contributed by atoms with Crippen molar-refractivity contribution in [2.45, 2.75) is 19.4 Å². The Balaban J connectivity index is 1.43. The second-order valence-electron chi connectivity index (χ2n) is 6.65. The van der Waals surface area contributed by atoms with E-state index in [4.69, 9.17) is 21.7 Å². The molecule has 1 aromatic carbocycles. The van der Waals surface area contributed by atoms with Crippen LogP contribution in [0, 0.1) is 5.92 Å². The fourth-order valence-electron chi connectivity index (χ4n) is 3.20. The number of hydrogen-bond donors (Lipinski definition) is 2. The van der Waals surface area contributed by atoms with E-state index in [0.717, 1.165) is 63.5 Å². The lowest BCUT2D eigenvalue weighted by Gasteiger charge is -2.26. The predicted octanol–water partition coefficient (Wildman–Crippen LogP) is 1.34. The van der Waals surface area contributed by atoms with Crippen LogP contribution < -0.4 is 15.4 Å². The van der Waals surface area contributed by atoms with Crippen molar-refractivity contribution >= 4 is 23.1 Å². The minimum absolute atomic E-state index is 0.000777. The van der Waals surface area contributed by atoms with E-state index in [1.54, 1.807) is 0 Å². The van der Waals surface area contributed by atoms with Gasteiger partial charge in [-0.3, -0.25) is 9.69 Å². The molecule has 6 nitrogen and oxygen atoms in total. The Kier molecular flexibility index (Phi) is 7.22. The average molecular weight is 378 g/mol. The van der Waals surface area contributed by atoms with Gasteiger partial charge in [0.05, 0.1) is 24.1 Å². The maximum atomic E-state index is 12.3. The van der Waals surface area contributed by atoms with Crippen LogP contribution >= 0.6 is 12.2 Å². The summed E-state index contributed by atoms with van der Waals surface area (Å²) in [6.07, 6.45) is 1.80. The summed E-state index contributed by atoms with van der Waals surface area (Å²) in [7, 11) is 0. The molecule has 2 N–H and O–H groups in total. The Morgan fingerprint density at radius 2 is 2.23 bits per heavy atom. The van der Waals surface area contributed by atoms with Crippen LogP contribution in [-0.4, -0.2) is 61.8 Å². The molecule has 0 bridgehead atoms. The standard InChI is InChI=1S/C19H27N3O3S/c23-18(17-5-2-6-20-19(17)26)21-14-15-3-1-4-16(13-15)25-12-9-22-7-10-24-11-8-22/h1,3-4,13,17H,2,5-12,14H2,(H,20,26)(H,21,23). The molecule has 0 spiro atoms. The molecule has 0 aromatic heterocycles. The molecule has 1 atom stereocenters. The van der Waals surface area contributed by atoms with Crippen molar-refractivity contribution in [1.29, 1.82) is 0 Å². The highest BCUT2D eigenvalue weighted by Gasteiger charge is 2.25. The Bertz CT molecular complexity index is 620. The lowest BCUT2D eigenvalue weighted by molar-refractivity contribution is -0.123. The summed E-state index contributed by atoms with van der Waals surface area (Å²) in [6.45, 7) is 6.43. The van der Waals surface area contributed by atoms with E-state index in [2.05, 4.69) is 15.5 Å². The topological polar surface area (TPSA) is 62.8 Å². The van der Waals surface area contributed by atoms with Crippen molar-refractivity contribution in [2.24, 2.45) is 5.92 Å². The molecule has 3 rings (SSSR count). The highest BCUT2D eigenvalue weighted by Crippen LogP contribution is 2.15. The number of rotatable bonds is 7. The van der Waals surface area contributed by atoms with Crippen LogP contribution in [0.5, 0.6) is 5.75 Å². The summed E-state index contributed by atoms with van der Waals surface area (Å²) in [5, 5.41) is 6.10. The third-order valence-electron chi connectivity index (χ3n) is 4.75. The van der Waals surface area contributed by atoms with Gasteiger partial charge in [0, 0.05) is 32.7 Å². The van der Waals surface area contributed by atoms with Gasteiger partial charge in [0.1, 0.15) is 12.4 Å². The van der Waals surface area contributed by atoms with Gasteiger partial charge in [-0.25, -0.2) is 0 Å². The molecule has 1 aromatic rings. The van der Waals surface area contributed by atoms with Crippen molar-refractivity contribution in [3.05, 3.63) is 29.8 Å². The van der Waals surface area contributed by atoms with E-state index in [-0.39, 0.29) is 11.8 Å². The zero-order valence-electron chi connectivity index (χ0n) is 15.0. The number of nitrogens with one attached hydrogen (secondary N) is 2. The molecule has 1 amide bonds. The monoisotopic (exact) mass is 377 g/mol. The van der Waals surface area contributed by atoms with E-state index in [1.165, 1.54) is 0 Å². The fourth-order valence-corrected chi connectivity index (χ4v) is 3.52. The van der Waals surface area contributed by atoms with Crippen LogP contribution in [0.2, 0.25) is 0 Å². The molecular weight excluding hydrogens is 350 g/mol. The van der Waals surface area contributed by atoms with E-state index >= 15 is 0 Å². The molecule has 2 aliphatic rings. The SMILES string of the molecule is O=C(NCc1cccc(OCCN2CCOCC2)c1)C1CCCNC1=S. The highest BCUT2D eigenvalue weighted by molar-refractivity contribution is 7.80. The summed E-state index contributed by atoms with van der Waals surface area (Å²) in [4.78, 5) is 15.3. The number of hydrogen-bond acceptors (Lipinski definition) is 5. The van der Waals surface area contributed by atoms with Gasteiger partial charge < -0.3 is 20.1 Å². The third kappa shape index (κ3) is 5.65. The molecule has 2 saturated heterocycles. The van der Waals surface area contributed by atoms with Crippen molar-refractivity contribution in [3.63, 3.8) is 0 Å². The first-order valence-corrected chi connectivity index (χ1v) is 9.70. The Hall–Kier alpha value is -1.70. The van der Waals surface area contributed by atoms with Crippen LogP contribution in [0.4, 0.5) is 0 Å². The summed E-state index contributed by atoms with van der Waals surface area (Å²) < 4.78 is 11.2. The number of morpholine rings is 1. The van der Waals surface area contributed by atoms with Gasteiger partial charge in [0.25, 0.3) is 0 Å². The van der Waals surface area contributed by atoms with E-state index in [1.807, 2.05) is 24.3 Å². The first-order valence-electron chi connectivity index (χ1n) is 9.29. The van der Waals surface area contributed by atoms with Crippen molar-refractivity contribution < 1.29 is 14.3 Å². The fraction of sp³-hybridized carbons (Fsp3) is 0.579. The maximum Gasteiger partial charge on any atom is 0.230 e. The Morgan fingerprint density at radius 3 is 3.04 bits per heavy atom. The molecule has 2 fully saturated rings. The molecule has 7 heteroatoms. The zero-order valence-corrected chi connectivity index (χ0v) is 15.9. The smallest absolute Gasteiger partial charge is 0.230 e. The number of carbonyl (C=O) groups is 1. The van der Waals surface area contributed by atoms with Gasteiger partial charge in [-0.15, -0.1) is 0 Å². The van der Waals surface area contributed by atoms with Crippen LogP contribution in [0.25, 0.3) is 0 Å². The number of ether oxygens (including phenoxy) is 2.